The molecular weight excluding hydrogens is 298 g/mol. The molecule has 2 aromatic heterocycles. The molecule has 0 aromatic carbocycles. The van der Waals surface area contributed by atoms with Gasteiger partial charge in [0.25, 0.3) is 11.5 Å². The lowest BCUT2D eigenvalue weighted by atomic mass is 10.1. The SMILES string of the molecule is Cn1cc(C(=O)NCc2n[nH]c3c2CCCCC3)c(=O)[nH]c1=O. The summed E-state index contributed by atoms with van der Waals surface area (Å²) < 4.78 is 1.16. The van der Waals surface area contributed by atoms with Gasteiger partial charge in [-0.15, -0.1) is 0 Å². The van der Waals surface area contributed by atoms with Crippen molar-refractivity contribution in [3.05, 3.63) is 49.5 Å². The van der Waals surface area contributed by atoms with Gasteiger partial charge in [-0.2, -0.15) is 5.10 Å². The predicted molar refractivity (Wildman–Crippen MR) is 83.3 cm³/mol. The number of aromatic nitrogens is 4. The van der Waals surface area contributed by atoms with Crippen molar-refractivity contribution in [1.82, 2.24) is 25.1 Å². The molecule has 2 heterocycles. The highest BCUT2D eigenvalue weighted by molar-refractivity contribution is 5.93. The Balaban J connectivity index is 1.75. The van der Waals surface area contributed by atoms with E-state index < -0.39 is 17.2 Å². The van der Waals surface area contributed by atoms with Gasteiger partial charge in [0.2, 0.25) is 0 Å². The second-order valence-corrected chi connectivity index (χ2v) is 5.78. The van der Waals surface area contributed by atoms with Crippen molar-refractivity contribution in [3.8, 4) is 0 Å². The Kier molecular flexibility index (Phi) is 4.14. The Morgan fingerprint density at radius 2 is 2.09 bits per heavy atom. The molecule has 0 unspecified atom stereocenters. The summed E-state index contributed by atoms with van der Waals surface area (Å²) in [5.74, 6) is -0.521. The van der Waals surface area contributed by atoms with Crippen LogP contribution in [-0.2, 0) is 26.4 Å². The van der Waals surface area contributed by atoms with E-state index in [0.29, 0.717) is 0 Å². The van der Waals surface area contributed by atoms with Crippen LogP contribution < -0.4 is 16.6 Å². The van der Waals surface area contributed by atoms with E-state index in [1.807, 2.05) is 0 Å². The fourth-order valence-electron chi connectivity index (χ4n) is 2.86. The number of nitrogens with one attached hydrogen (secondary N) is 3. The minimum Gasteiger partial charge on any atom is -0.346 e. The van der Waals surface area contributed by atoms with E-state index in [0.717, 1.165) is 41.6 Å². The zero-order valence-electron chi connectivity index (χ0n) is 12.9. The molecule has 0 spiro atoms. The van der Waals surface area contributed by atoms with E-state index in [4.69, 9.17) is 0 Å². The van der Waals surface area contributed by atoms with Crippen LogP contribution in [-0.4, -0.2) is 25.7 Å². The number of hydrogen-bond acceptors (Lipinski definition) is 4. The molecule has 8 heteroatoms. The second-order valence-electron chi connectivity index (χ2n) is 5.78. The Hall–Kier alpha value is -2.64. The zero-order valence-corrected chi connectivity index (χ0v) is 12.9. The van der Waals surface area contributed by atoms with Crippen LogP contribution in [0.3, 0.4) is 0 Å². The lowest BCUT2D eigenvalue weighted by molar-refractivity contribution is 0.0948. The first-order chi connectivity index (χ1) is 11.1. The molecule has 0 radical (unpaired) electrons. The first-order valence-corrected chi connectivity index (χ1v) is 7.69. The van der Waals surface area contributed by atoms with Gasteiger partial charge in [-0.25, -0.2) is 4.79 Å². The van der Waals surface area contributed by atoms with Crippen LogP contribution in [0.25, 0.3) is 0 Å². The number of carbonyl (C=O) groups is 1. The lowest BCUT2D eigenvalue weighted by Crippen LogP contribution is -2.36. The van der Waals surface area contributed by atoms with Crippen LogP contribution in [0.5, 0.6) is 0 Å². The molecule has 2 aromatic rings. The van der Waals surface area contributed by atoms with Crippen molar-refractivity contribution < 1.29 is 4.79 Å². The van der Waals surface area contributed by atoms with E-state index >= 15 is 0 Å². The molecule has 0 fully saturated rings. The quantitative estimate of drug-likeness (QED) is 0.691. The fraction of sp³-hybridized carbons (Fsp3) is 0.467. The van der Waals surface area contributed by atoms with Crippen molar-refractivity contribution in [2.75, 3.05) is 0 Å². The summed E-state index contributed by atoms with van der Waals surface area (Å²) >= 11 is 0. The van der Waals surface area contributed by atoms with Gasteiger partial charge in [-0.1, -0.05) is 6.42 Å². The van der Waals surface area contributed by atoms with Gasteiger partial charge in [0.15, 0.2) is 0 Å². The minimum atomic E-state index is -0.688. The number of nitrogens with zero attached hydrogens (tertiary/aromatic N) is 2. The first-order valence-electron chi connectivity index (χ1n) is 7.69. The molecule has 23 heavy (non-hydrogen) atoms. The molecule has 3 rings (SSSR count). The summed E-state index contributed by atoms with van der Waals surface area (Å²) in [6.45, 7) is 0.257. The summed E-state index contributed by atoms with van der Waals surface area (Å²) in [6.07, 6.45) is 6.64. The molecule has 0 aliphatic heterocycles. The van der Waals surface area contributed by atoms with Gasteiger partial charge in [0, 0.05) is 18.9 Å². The number of H-pyrrole nitrogens is 2. The third kappa shape index (κ3) is 3.10. The monoisotopic (exact) mass is 317 g/mol. The summed E-state index contributed by atoms with van der Waals surface area (Å²) in [5, 5.41) is 10.0. The average Bonchev–Trinajstić information content (AvgIpc) is 2.75. The van der Waals surface area contributed by atoms with Gasteiger partial charge >= 0.3 is 5.69 Å². The Morgan fingerprint density at radius 1 is 1.30 bits per heavy atom. The number of hydrogen-bond donors (Lipinski definition) is 3. The number of aryl methyl sites for hydroxylation is 2. The number of amides is 1. The van der Waals surface area contributed by atoms with Gasteiger partial charge < -0.3 is 9.88 Å². The molecule has 0 saturated carbocycles. The molecule has 0 atom stereocenters. The highest BCUT2D eigenvalue weighted by Crippen LogP contribution is 2.21. The van der Waals surface area contributed by atoms with Gasteiger partial charge in [0.1, 0.15) is 5.56 Å². The van der Waals surface area contributed by atoms with E-state index in [2.05, 4.69) is 20.5 Å². The number of fused-ring (bicyclic) bond motifs is 1. The summed E-state index contributed by atoms with van der Waals surface area (Å²) in [5.41, 5.74) is 1.81. The molecule has 122 valence electrons. The molecule has 3 N–H and O–H groups in total. The van der Waals surface area contributed by atoms with Crippen LogP contribution >= 0.6 is 0 Å². The average molecular weight is 317 g/mol. The molecule has 1 amide bonds. The van der Waals surface area contributed by atoms with Crippen LogP contribution in [0, 0.1) is 0 Å². The standard InChI is InChI=1S/C15H19N5O3/c1-20-8-10(14(22)17-15(20)23)13(21)16-7-12-9-5-3-2-4-6-11(9)18-19-12/h8H,2-7H2,1H3,(H,16,21)(H,18,19)(H,17,22,23). The van der Waals surface area contributed by atoms with E-state index in [9.17, 15) is 14.4 Å². The highest BCUT2D eigenvalue weighted by atomic mass is 16.2. The molecule has 0 bridgehead atoms. The normalized spacial score (nSPS) is 14.1. The summed E-state index contributed by atoms with van der Waals surface area (Å²) in [7, 11) is 1.47. The third-order valence-corrected chi connectivity index (χ3v) is 4.16. The Labute approximate surface area is 131 Å². The topological polar surface area (TPSA) is 113 Å². The van der Waals surface area contributed by atoms with E-state index in [1.165, 1.54) is 25.2 Å². The largest absolute Gasteiger partial charge is 0.346 e. The first kappa shape index (κ1) is 15.3. The fourth-order valence-corrected chi connectivity index (χ4v) is 2.86. The zero-order chi connectivity index (χ0) is 16.4. The van der Waals surface area contributed by atoms with Crippen molar-refractivity contribution >= 4 is 5.91 Å². The smallest absolute Gasteiger partial charge is 0.328 e. The van der Waals surface area contributed by atoms with Crippen molar-refractivity contribution in [1.29, 1.82) is 0 Å². The van der Waals surface area contributed by atoms with Crippen LogP contribution in [0.15, 0.2) is 15.8 Å². The maximum Gasteiger partial charge on any atom is 0.328 e. The number of carbonyl (C=O) groups excluding carboxylic acids is 1. The molecular formula is C15H19N5O3. The second kappa shape index (κ2) is 6.23. The Bertz CT molecular complexity index is 846. The summed E-state index contributed by atoms with van der Waals surface area (Å²) in [6, 6.07) is 0. The molecule has 8 nitrogen and oxygen atoms in total. The molecule has 0 saturated heterocycles. The van der Waals surface area contributed by atoms with E-state index in [-0.39, 0.29) is 12.1 Å². The van der Waals surface area contributed by atoms with Crippen LogP contribution in [0.2, 0.25) is 0 Å². The number of rotatable bonds is 3. The minimum absolute atomic E-state index is 0.0891. The molecule has 1 aliphatic carbocycles. The van der Waals surface area contributed by atoms with Crippen molar-refractivity contribution in [3.63, 3.8) is 0 Å². The Morgan fingerprint density at radius 3 is 2.91 bits per heavy atom. The molecule has 1 aliphatic rings. The number of aromatic amines is 2. The van der Waals surface area contributed by atoms with Crippen LogP contribution in [0.4, 0.5) is 0 Å². The third-order valence-electron chi connectivity index (χ3n) is 4.16. The van der Waals surface area contributed by atoms with Crippen molar-refractivity contribution in [2.24, 2.45) is 7.05 Å². The lowest BCUT2D eigenvalue weighted by Gasteiger charge is -2.06. The highest BCUT2D eigenvalue weighted by Gasteiger charge is 2.17. The van der Waals surface area contributed by atoms with E-state index in [1.54, 1.807) is 0 Å². The van der Waals surface area contributed by atoms with Gasteiger partial charge in [0.05, 0.1) is 12.2 Å². The van der Waals surface area contributed by atoms with Gasteiger partial charge in [-0.3, -0.25) is 19.7 Å². The van der Waals surface area contributed by atoms with Crippen LogP contribution in [0.1, 0.15) is 46.6 Å². The maximum atomic E-state index is 12.2. The van der Waals surface area contributed by atoms with Crippen molar-refractivity contribution in [2.45, 2.75) is 38.6 Å². The maximum absolute atomic E-state index is 12.2. The predicted octanol–water partition coefficient (Wildman–Crippen LogP) is -0.00440. The van der Waals surface area contributed by atoms with Gasteiger partial charge in [-0.05, 0) is 31.2 Å². The summed E-state index contributed by atoms with van der Waals surface area (Å²) in [4.78, 5) is 37.3.